The zero-order chi connectivity index (χ0) is 23.5. The van der Waals surface area contributed by atoms with Crippen molar-refractivity contribution in [3.05, 3.63) is 59.9 Å². The zero-order valence-electron chi connectivity index (χ0n) is 17.6. The Morgan fingerprint density at radius 1 is 1.09 bits per heavy atom. The monoisotopic (exact) mass is 455 g/mol. The molecule has 33 heavy (non-hydrogen) atoms. The van der Waals surface area contributed by atoms with Crippen molar-refractivity contribution in [2.45, 2.75) is 25.0 Å². The van der Waals surface area contributed by atoms with Crippen molar-refractivity contribution < 1.29 is 33.4 Å². The first-order valence-corrected chi connectivity index (χ1v) is 10.4. The van der Waals surface area contributed by atoms with E-state index in [2.05, 4.69) is 5.32 Å². The molecule has 0 radical (unpaired) electrons. The summed E-state index contributed by atoms with van der Waals surface area (Å²) >= 11 is 0. The first-order valence-electron chi connectivity index (χ1n) is 10.4. The molecule has 2 unspecified atom stereocenters. The van der Waals surface area contributed by atoms with Crippen LogP contribution in [-0.2, 0) is 30.3 Å². The second-order valence-corrected chi connectivity index (χ2v) is 7.87. The molecule has 4 rings (SSSR count). The summed E-state index contributed by atoms with van der Waals surface area (Å²) in [6.45, 7) is -0.953. The number of anilines is 2. The van der Waals surface area contributed by atoms with Gasteiger partial charge in [0.2, 0.25) is 11.8 Å². The average Bonchev–Trinajstić information content (AvgIpc) is 3.20. The lowest BCUT2D eigenvalue weighted by atomic mass is 10.1. The summed E-state index contributed by atoms with van der Waals surface area (Å²) < 4.78 is 19.1. The maximum atomic E-state index is 13.9. The Morgan fingerprint density at radius 3 is 2.61 bits per heavy atom. The number of aliphatic hydroxyl groups is 1. The van der Waals surface area contributed by atoms with Crippen LogP contribution in [0.1, 0.15) is 12.0 Å². The van der Waals surface area contributed by atoms with Gasteiger partial charge in [0.15, 0.2) is 6.61 Å². The van der Waals surface area contributed by atoms with Gasteiger partial charge in [-0.25, -0.2) is 9.18 Å². The molecule has 0 saturated carbocycles. The van der Waals surface area contributed by atoms with E-state index < -0.39 is 42.4 Å². The summed E-state index contributed by atoms with van der Waals surface area (Å²) in [5, 5.41) is 12.7. The van der Waals surface area contributed by atoms with Crippen molar-refractivity contribution in [1.29, 1.82) is 0 Å². The number of esters is 1. The third kappa shape index (κ3) is 4.85. The van der Waals surface area contributed by atoms with Gasteiger partial charge in [0.25, 0.3) is 5.91 Å². The van der Waals surface area contributed by atoms with Gasteiger partial charge in [-0.2, -0.15) is 0 Å². The predicted molar refractivity (Wildman–Crippen MR) is 115 cm³/mol. The number of benzene rings is 2. The van der Waals surface area contributed by atoms with Crippen molar-refractivity contribution in [2.24, 2.45) is 0 Å². The molecule has 10 heteroatoms. The second-order valence-electron chi connectivity index (χ2n) is 7.87. The van der Waals surface area contributed by atoms with Crippen molar-refractivity contribution in [1.82, 2.24) is 4.90 Å². The van der Waals surface area contributed by atoms with Gasteiger partial charge >= 0.3 is 5.97 Å². The number of β-amino-alcohol motifs (C(OH)–C–C–N with tert-alkyl or cyclic N) is 1. The first-order chi connectivity index (χ1) is 15.8. The molecule has 0 aliphatic carbocycles. The molecular weight excluding hydrogens is 433 g/mol. The highest BCUT2D eigenvalue weighted by Gasteiger charge is 2.40. The standard InChI is InChI=1S/C23H22FN3O6/c24-16-6-2-1-5-14(16)9-21(30)26-11-15(28)10-19(26)23(32)33-13-22(31)27-12-20(29)25-17-7-3-4-8-18(17)27/h1-8,15,19,28H,9-13H2,(H,25,29). The fraction of sp³-hybridized carbons (Fsp3) is 0.304. The lowest BCUT2D eigenvalue weighted by Crippen LogP contribution is -2.46. The van der Waals surface area contributed by atoms with Gasteiger partial charge in [0.05, 0.1) is 23.9 Å². The highest BCUT2D eigenvalue weighted by Crippen LogP contribution is 2.29. The Morgan fingerprint density at radius 2 is 1.82 bits per heavy atom. The number of hydrogen-bond acceptors (Lipinski definition) is 6. The fourth-order valence-electron chi connectivity index (χ4n) is 3.98. The largest absolute Gasteiger partial charge is 0.454 e. The van der Waals surface area contributed by atoms with Gasteiger partial charge in [-0.05, 0) is 23.8 Å². The highest BCUT2D eigenvalue weighted by molar-refractivity contribution is 6.10. The summed E-state index contributed by atoms with van der Waals surface area (Å²) in [7, 11) is 0. The van der Waals surface area contributed by atoms with Gasteiger partial charge in [-0.15, -0.1) is 0 Å². The van der Waals surface area contributed by atoms with E-state index in [-0.39, 0.29) is 37.4 Å². The number of aliphatic hydroxyl groups excluding tert-OH is 1. The van der Waals surface area contributed by atoms with Gasteiger partial charge < -0.3 is 20.1 Å². The van der Waals surface area contributed by atoms with Crippen LogP contribution in [-0.4, -0.2) is 65.5 Å². The molecule has 2 atom stereocenters. The molecular formula is C23H22FN3O6. The Bertz CT molecular complexity index is 1110. The van der Waals surface area contributed by atoms with E-state index in [1.807, 2.05) is 0 Å². The topological polar surface area (TPSA) is 116 Å². The van der Waals surface area contributed by atoms with E-state index in [0.29, 0.717) is 11.4 Å². The molecule has 2 N–H and O–H groups in total. The molecule has 1 fully saturated rings. The zero-order valence-corrected chi connectivity index (χ0v) is 17.6. The minimum absolute atomic E-state index is 0.0506. The van der Waals surface area contributed by atoms with Crippen LogP contribution < -0.4 is 10.2 Å². The van der Waals surface area contributed by atoms with Crippen LogP contribution in [0, 0.1) is 5.82 Å². The number of para-hydroxylation sites is 2. The summed E-state index contributed by atoms with van der Waals surface area (Å²) in [5.41, 5.74) is 1.13. The smallest absolute Gasteiger partial charge is 0.329 e. The number of hydrogen-bond donors (Lipinski definition) is 2. The molecule has 0 bridgehead atoms. The molecule has 2 aliphatic rings. The number of carbonyl (C=O) groups is 4. The number of amides is 3. The Balaban J connectivity index is 1.40. The van der Waals surface area contributed by atoms with Gasteiger partial charge in [-0.3, -0.25) is 19.3 Å². The molecule has 172 valence electrons. The van der Waals surface area contributed by atoms with Crippen LogP contribution in [0.15, 0.2) is 48.5 Å². The molecule has 2 aliphatic heterocycles. The molecule has 3 amide bonds. The van der Waals surface area contributed by atoms with E-state index in [1.165, 1.54) is 23.1 Å². The minimum atomic E-state index is -1.09. The summed E-state index contributed by atoms with van der Waals surface area (Å²) in [4.78, 5) is 52.3. The van der Waals surface area contributed by atoms with Crippen LogP contribution >= 0.6 is 0 Å². The highest BCUT2D eigenvalue weighted by atomic mass is 19.1. The summed E-state index contributed by atoms with van der Waals surface area (Å²) in [6.07, 6.45) is -1.27. The Kier molecular flexibility index (Phi) is 6.36. The number of nitrogens with one attached hydrogen (secondary N) is 1. The summed E-state index contributed by atoms with van der Waals surface area (Å²) in [5.74, 6) is -2.91. The third-order valence-corrected chi connectivity index (χ3v) is 5.58. The van der Waals surface area contributed by atoms with E-state index in [4.69, 9.17) is 4.74 Å². The molecule has 0 aromatic heterocycles. The Hall–Kier alpha value is -3.79. The van der Waals surface area contributed by atoms with E-state index >= 15 is 0 Å². The van der Waals surface area contributed by atoms with Crippen LogP contribution in [0.5, 0.6) is 0 Å². The van der Waals surface area contributed by atoms with Crippen LogP contribution in [0.4, 0.5) is 15.8 Å². The molecule has 2 aromatic rings. The minimum Gasteiger partial charge on any atom is -0.454 e. The van der Waals surface area contributed by atoms with E-state index in [9.17, 15) is 28.7 Å². The molecule has 2 heterocycles. The number of likely N-dealkylation sites (tertiary alicyclic amines) is 1. The average molecular weight is 455 g/mol. The SMILES string of the molecule is O=C1CN(C(=O)COC(=O)C2CC(O)CN2C(=O)Cc2ccccc2F)c2ccccc2N1. The normalized spacial score (nSPS) is 19.6. The van der Waals surface area contributed by atoms with Crippen molar-refractivity contribution in [3.63, 3.8) is 0 Å². The Labute approximate surface area is 188 Å². The van der Waals surface area contributed by atoms with E-state index in [0.717, 1.165) is 4.90 Å². The second kappa shape index (κ2) is 9.37. The van der Waals surface area contributed by atoms with Crippen LogP contribution in [0.2, 0.25) is 0 Å². The van der Waals surface area contributed by atoms with Crippen molar-refractivity contribution >= 4 is 35.1 Å². The molecule has 1 saturated heterocycles. The molecule has 2 aromatic carbocycles. The van der Waals surface area contributed by atoms with Crippen molar-refractivity contribution in [3.8, 4) is 0 Å². The van der Waals surface area contributed by atoms with Gasteiger partial charge in [0.1, 0.15) is 18.4 Å². The number of rotatable bonds is 5. The summed E-state index contributed by atoms with van der Waals surface area (Å²) in [6, 6.07) is 11.4. The maximum absolute atomic E-state index is 13.9. The number of fused-ring (bicyclic) bond motifs is 1. The number of nitrogens with zero attached hydrogens (tertiary/aromatic N) is 2. The number of carbonyl (C=O) groups excluding carboxylic acids is 4. The quantitative estimate of drug-likeness (QED) is 0.646. The van der Waals surface area contributed by atoms with Gasteiger partial charge in [-0.1, -0.05) is 30.3 Å². The third-order valence-electron chi connectivity index (χ3n) is 5.58. The predicted octanol–water partition coefficient (Wildman–Crippen LogP) is 0.858. The van der Waals surface area contributed by atoms with Crippen LogP contribution in [0.3, 0.4) is 0 Å². The number of ether oxygens (including phenoxy) is 1. The van der Waals surface area contributed by atoms with Gasteiger partial charge in [0, 0.05) is 13.0 Å². The maximum Gasteiger partial charge on any atom is 0.329 e. The molecule has 9 nitrogen and oxygen atoms in total. The fourth-order valence-corrected chi connectivity index (χ4v) is 3.98. The van der Waals surface area contributed by atoms with Crippen LogP contribution in [0.25, 0.3) is 0 Å². The molecule has 0 spiro atoms. The lowest BCUT2D eigenvalue weighted by Gasteiger charge is -2.29. The van der Waals surface area contributed by atoms with E-state index in [1.54, 1.807) is 30.3 Å². The first kappa shape index (κ1) is 22.4. The van der Waals surface area contributed by atoms with Crippen molar-refractivity contribution in [2.75, 3.05) is 29.9 Å². The number of halogens is 1. The lowest BCUT2D eigenvalue weighted by molar-refractivity contribution is -0.155.